The van der Waals surface area contributed by atoms with Crippen molar-refractivity contribution in [3.63, 3.8) is 0 Å². The summed E-state index contributed by atoms with van der Waals surface area (Å²) in [5.74, 6) is 0.121. The fourth-order valence-electron chi connectivity index (χ4n) is 8.13. The Morgan fingerprint density at radius 2 is 1.16 bits per heavy atom. The van der Waals surface area contributed by atoms with Crippen molar-refractivity contribution in [1.29, 1.82) is 5.41 Å². The number of nitrogen functional groups attached to an aromatic ring is 1. The number of hydrogen-bond acceptors (Lipinski definition) is 3. The van der Waals surface area contributed by atoms with Crippen LogP contribution in [0.5, 0.6) is 0 Å². The highest BCUT2D eigenvalue weighted by Crippen LogP contribution is 2.52. The lowest BCUT2D eigenvalue weighted by Crippen LogP contribution is -2.30. The highest BCUT2D eigenvalue weighted by molar-refractivity contribution is 6.21. The summed E-state index contributed by atoms with van der Waals surface area (Å²) in [5, 5.41) is 12.1. The van der Waals surface area contributed by atoms with Crippen molar-refractivity contribution in [3.05, 3.63) is 210 Å². The lowest BCUT2D eigenvalue weighted by Gasteiger charge is -2.42. The maximum absolute atomic E-state index is 7.01. The second-order valence-corrected chi connectivity index (χ2v) is 15.0. The number of anilines is 3. The van der Waals surface area contributed by atoms with Gasteiger partial charge in [0.05, 0.1) is 29.1 Å². The largest absolute Gasteiger partial charge is 0.384 e. The molecule has 0 spiro atoms. The molecule has 0 saturated carbocycles. The zero-order chi connectivity index (χ0) is 39.5. The topological polar surface area (TPSA) is 84.1 Å². The molecule has 10 rings (SSSR count). The van der Waals surface area contributed by atoms with Crippen molar-refractivity contribution in [1.82, 2.24) is 4.57 Å². The normalized spacial score (nSPS) is 12.5. The van der Waals surface area contributed by atoms with Crippen LogP contribution in [-0.4, -0.2) is 10.4 Å². The van der Waals surface area contributed by atoms with E-state index in [0.29, 0.717) is 6.67 Å². The average Bonchev–Trinajstić information content (AvgIpc) is 3.58. The summed E-state index contributed by atoms with van der Waals surface area (Å²) >= 11 is 0. The van der Waals surface area contributed by atoms with Crippen molar-refractivity contribution in [2.75, 3.05) is 4.90 Å². The number of nitrogens with one attached hydrogen (secondary N) is 1. The number of benzene rings is 8. The van der Waals surface area contributed by atoms with Crippen LogP contribution in [0.25, 0.3) is 43.7 Å². The molecule has 1 aliphatic rings. The van der Waals surface area contributed by atoms with Crippen LogP contribution >= 0.6 is 0 Å². The van der Waals surface area contributed by atoms with Gasteiger partial charge in [-0.25, -0.2) is 0 Å². The Morgan fingerprint density at radius 1 is 0.561 bits per heavy atom. The molecule has 0 atom stereocenters. The summed E-state index contributed by atoms with van der Waals surface area (Å²) in [6, 6.07) is 65.8. The molecular formula is C52H47N5. The lowest BCUT2D eigenvalue weighted by atomic mass is 9.73. The Kier molecular flexibility index (Phi) is 10.2. The molecule has 0 bridgehead atoms. The third-order valence-corrected chi connectivity index (χ3v) is 11.0. The van der Waals surface area contributed by atoms with Crippen LogP contribution in [0.1, 0.15) is 36.1 Å². The van der Waals surface area contributed by atoms with E-state index in [2.05, 4.69) is 170 Å². The number of aromatic nitrogens is 1. The molecule has 5 nitrogen and oxygen atoms in total. The number of nitrogens with two attached hydrogens (primary N) is 2. The first-order valence-electron chi connectivity index (χ1n) is 19.4. The van der Waals surface area contributed by atoms with Gasteiger partial charge in [0, 0.05) is 27.4 Å². The molecule has 5 heteroatoms. The standard InChI is InChI=1S/C38H31N3.C7H8N2.C7H8/c1-38(2)31-14-8-9-15-33(31)41(28-11-4-3-5-12-28)34-20-18-26(22-32(34)38)27-16-19-30-36(23-27)40(24-39)35-21-17-25-10-6-7-13-29(25)37(30)35;8-7(9)6-4-2-1-3-5-6;1-7-5-3-2-4-6-7/h3-23H,24,39H2,1-2H3;1-5H,(H3,8,9);2-6H,1H3. The number of amidine groups is 1. The molecule has 1 aliphatic heterocycles. The molecule has 5 N–H and O–H groups in total. The van der Waals surface area contributed by atoms with Crippen molar-refractivity contribution < 1.29 is 0 Å². The van der Waals surface area contributed by atoms with Gasteiger partial charge in [-0.05, 0) is 82.4 Å². The van der Waals surface area contributed by atoms with Crippen LogP contribution in [0.15, 0.2) is 188 Å². The van der Waals surface area contributed by atoms with Crippen LogP contribution in [0.3, 0.4) is 0 Å². The maximum atomic E-state index is 7.01. The number of nitrogens with zero attached hydrogens (tertiary/aromatic N) is 2. The lowest BCUT2D eigenvalue weighted by molar-refractivity contribution is 0.632. The Balaban J connectivity index is 0.000000237. The third-order valence-electron chi connectivity index (χ3n) is 11.0. The summed E-state index contributed by atoms with van der Waals surface area (Å²) in [5.41, 5.74) is 24.6. The molecule has 0 fully saturated rings. The van der Waals surface area contributed by atoms with Gasteiger partial charge in [0.2, 0.25) is 0 Å². The van der Waals surface area contributed by atoms with Crippen molar-refractivity contribution in [2.45, 2.75) is 32.9 Å². The molecule has 280 valence electrons. The molecule has 0 radical (unpaired) electrons. The molecule has 1 aromatic heterocycles. The first kappa shape index (κ1) is 37.0. The van der Waals surface area contributed by atoms with Gasteiger partial charge in [0.1, 0.15) is 5.84 Å². The van der Waals surface area contributed by atoms with Crippen LogP contribution in [0.2, 0.25) is 0 Å². The Morgan fingerprint density at radius 3 is 1.82 bits per heavy atom. The molecule has 2 heterocycles. The van der Waals surface area contributed by atoms with Gasteiger partial charge in [-0.15, -0.1) is 0 Å². The van der Waals surface area contributed by atoms with Gasteiger partial charge in [-0.3, -0.25) is 5.41 Å². The quantitative estimate of drug-likeness (QED) is 0.124. The zero-order valence-corrected chi connectivity index (χ0v) is 32.7. The number of hydrogen-bond donors (Lipinski definition) is 3. The highest BCUT2D eigenvalue weighted by atomic mass is 15.2. The molecule has 8 aromatic carbocycles. The fourth-order valence-corrected chi connectivity index (χ4v) is 8.13. The summed E-state index contributed by atoms with van der Waals surface area (Å²) in [4.78, 5) is 2.40. The average molecular weight is 742 g/mol. The summed E-state index contributed by atoms with van der Waals surface area (Å²) < 4.78 is 2.25. The molecule has 0 amide bonds. The smallest absolute Gasteiger partial charge is 0.122 e. The zero-order valence-electron chi connectivity index (χ0n) is 32.7. The van der Waals surface area contributed by atoms with Crippen molar-refractivity contribution >= 4 is 55.5 Å². The first-order chi connectivity index (χ1) is 27.8. The van der Waals surface area contributed by atoms with E-state index in [9.17, 15) is 0 Å². The maximum Gasteiger partial charge on any atom is 0.122 e. The Bertz CT molecular complexity index is 2840. The van der Waals surface area contributed by atoms with E-state index in [1.165, 1.54) is 77.5 Å². The van der Waals surface area contributed by atoms with E-state index in [1.807, 2.05) is 48.5 Å². The molecule has 0 aliphatic carbocycles. The molecule has 9 aromatic rings. The number of para-hydroxylation sites is 2. The Labute approximate surface area is 335 Å². The molecule has 0 saturated heterocycles. The molecular weight excluding hydrogens is 695 g/mol. The van der Waals surface area contributed by atoms with Crippen LogP contribution in [-0.2, 0) is 12.1 Å². The van der Waals surface area contributed by atoms with Gasteiger partial charge in [0.25, 0.3) is 0 Å². The Hall–Kier alpha value is -6.95. The van der Waals surface area contributed by atoms with Crippen molar-refractivity contribution in [3.8, 4) is 11.1 Å². The van der Waals surface area contributed by atoms with Crippen LogP contribution < -0.4 is 16.4 Å². The SMILES string of the molecule is CC1(C)c2ccccc2N(c2ccccc2)c2ccc(-c3ccc4c5c6ccccc6ccc5n(CN)c4c3)cc21.Cc1ccccc1.N=C(N)c1ccccc1. The van der Waals surface area contributed by atoms with Gasteiger partial charge in [-0.2, -0.15) is 0 Å². The number of aryl methyl sites for hydroxylation is 1. The summed E-state index contributed by atoms with van der Waals surface area (Å²) in [7, 11) is 0. The van der Waals surface area contributed by atoms with Crippen LogP contribution in [0.4, 0.5) is 17.1 Å². The number of rotatable bonds is 4. The second kappa shape index (κ2) is 15.7. The first-order valence-corrected chi connectivity index (χ1v) is 19.4. The van der Waals surface area contributed by atoms with Gasteiger partial charge in [-0.1, -0.05) is 165 Å². The second-order valence-electron chi connectivity index (χ2n) is 15.0. The molecule has 0 unspecified atom stereocenters. The van der Waals surface area contributed by atoms with E-state index in [-0.39, 0.29) is 11.3 Å². The minimum atomic E-state index is -0.150. The number of fused-ring (bicyclic) bond motifs is 7. The summed E-state index contributed by atoms with van der Waals surface area (Å²) in [6.45, 7) is 7.20. The third kappa shape index (κ3) is 7.06. The monoisotopic (exact) mass is 741 g/mol. The van der Waals surface area contributed by atoms with Gasteiger partial charge < -0.3 is 20.9 Å². The molecule has 57 heavy (non-hydrogen) atoms. The minimum Gasteiger partial charge on any atom is -0.384 e. The minimum absolute atomic E-state index is 0.121. The van der Waals surface area contributed by atoms with Gasteiger partial charge >= 0.3 is 0 Å². The van der Waals surface area contributed by atoms with Gasteiger partial charge in [0.15, 0.2) is 0 Å². The van der Waals surface area contributed by atoms with E-state index >= 15 is 0 Å². The highest BCUT2D eigenvalue weighted by Gasteiger charge is 2.37. The van der Waals surface area contributed by atoms with E-state index < -0.39 is 0 Å². The predicted molar refractivity (Wildman–Crippen MR) is 242 cm³/mol. The van der Waals surface area contributed by atoms with E-state index in [1.54, 1.807) is 0 Å². The van der Waals surface area contributed by atoms with Crippen LogP contribution in [0, 0.1) is 12.3 Å². The van der Waals surface area contributed by atoms with Crippen molar-refractivity contribution in [2.24, 2.45) is 11.5 Å². The summed E-state index contributed by atoms with van der Waals surface area (Å²) in [6.07, 6.45) is 0. The predicted octanol–water partition coefficient (Wildman–Crippen LogP) is 12.6. The van der Waals surface area contributed by atoms with E-state index in [4.69, 9.17) is 16.9 Å². The van der Waals surface area contributed by atoms with E-state index in [0.717, 1.165) is 5.56 Å². The fraction of sp³-hybridized carbons (Fsp3) is 0.0962.